The van der Waals surface area contributed by atoms with Crippen molar-refractivity contribution >= 4 is 5.91 Å². The molecule has 1 fully saturated rings. The first kappa shape index (κ1) is 13.9. The summed E-state index contributed by atoms with van der Waals surface area (Å²) in [6.07, 6.45) is 3.08. The van der Waals surface area contributed by atoms with Crippen molar-refractivity contribution in [1.29, 1.82) is 0 Å². The third-order valence-corrected chi connectivity index (χ3v) is 3.47. The molecule has 1 aromatic carbocycles. The number of hydrogen-bond acceptors (Lipinski definition) is 2. The molecule has 1 aliphatic rings. The van der Waals surface area contributed by atoms with Crippen molar-refractivity contribution in [2.45, 2.75) is 19.3 Å². The molecular formula is C14H18F2N2O. The lowest BCUT2D eigenvalue weighted by molar-refractivity contribution is 0.0946. The molecule has 3 nitrogen and oxygen atoms in total. The maximum Gasteiger partial charge on any atom is 0.254 e. The molecule has 1 heterocycles. The summed E-state index contributed by atoms with van der Waals surface area (Å²) in [6.45, 7) is 2.52. The van der Waals surface area contributed by atoms with Crippen molar-refractivity contribution in [2.24, 2.45) is 5.92 Å². The van der Waals surface area contributed by atoms with Gasteiger partial charge in [0.1, 0.15) is 11.6 Å². The zero-order chi connectivity index (χ0) is 13.7. The largest absolute Gasteiger partial charge is 0.352 e. The molecule has 0 saturated carbocycles. The van der Waals surface area contributed by atoms with E-state index in [0.29, 0.717) is 12.5 Å². The quantitative estimate of drug-likeness (QED) is 0.878. The highest BCUT2D eigenvalue weighted by molar-refractivity contribution is 5.94. The van der Waals surface area contributed by atoms with E-state index in [4.69, 9.17) is 0 Å². The van der Waals surface area contributed by atoms with Crippen LogP contribution in [0.1, 0.15) is 29.6 Å². The molecule has 2 rings (SSSR count). The number of carbonyl (C=O) groups excluding carboxylic acids is 1. The molecule has 0 atom stereocenters. The van der Waals surface area contributed by atoms with Gasteiger partial charge in [-0.25, -0.2) is 8.78 Å². The Hall–Kier alpha value is -1.49. The third-order valence-electron chi connectivity index (χ3n) is 3.47. The van der Waals surface area contributed by atoms with Crippen LogP contribution in [0.2, 0.25) is 0 Å². The van der Waals surface area contributed by atoms with E-state index in [1.807, 2.05) is 0 Å². The molecule has 0 bridgehead atoms. The van der Waals surface area contributed by atoms with Crippen LogP contribution in [0.15, 0.2) is 18.2 Å². The normalized spacial score (nSPS) is 16.3. The van der Waals surface area contributed by atoms with Gasteiger partial charge in [0, 0.05) is 6.54 Å². The van der Waals surface area contributed by atoms with E-state index in [1.165, 1.54) is 0 Å². The summed E-state index contributed by atoms with van der Waals surface area (Å²) < 4.78 is 26.3. The average Bonchev–Trinajstić information content (AvgIpc) is 2.42. The van der Waals surface area contributed by atoms with Crippen LogP contribution in [0.5, 0.6) is 0 Å². The third kappa shape index (κ3) is 3.99. The fraction of sp³-hybridized carbons (Fsp3) is 0.500. The van der Waals surface area contributed by atoms with Crippen LogP contribution in [-0.4, -0.2) is 25.5 Å². The summed E-state index contributed by atoms with van der Waals surface area (Å²) >= 11 is 0. The van der Waals surface area contributed by atoms with Crippen LogP contribution in [0.4, 0.5) is 8.78 Å². The first-order valence-electron chi connectivity index (χ1n) is 6.61. The standard InChI is InChI=1S/C14H18F2N2O/c15-11-1-2-13(16)12(9-11)14(19)18-8-5-10-3-6-17-7-4-10/h1-2,9-10,17H,3-8H2,(H,18,19). The average molecular weight is 268 g/mol. The van der Waals surface area contributed by atoms with Crippen LogP contribution >= 0.6 is 0 Å². The Labute approximate surface area is 111 Å². The molecule has 0 spiro atoms. The van der Waals surface area contributed by atoms with Crippen molar-refractivity contribution in [3.05, 3.63) is 35.4 Å². The lowest BCUT2D eigenvalue weighted by Crippen LogP contribution is -2.31. The Morgan fingerprint density at radius 2 is 2.05 bits per heavy atom. The fourth-order valence-electron chi connectivity index (χ4n) is 2.33. The molecule has 104 valence electrons. The molecule has 2 N–H and O–H groups in total. The Kier molecular flexibility index (Phi) is 4.85. The van der Waals surface area contributed by atoms with Crippen LogP contribution in [0.25, 0.3) is 0 Å². The van der Waals surface area contributed by atoms with Crippen molar-refractivity contribution in [3.8, 4) is 0 Å². The highest BCUT2D eigenvalue weighted by atomic mass is 19.1. The van der Waals surface area contributed by atoms with E-state index < -0.39 is 17.5 Å². The van der Waals surface area contributed by atoms with Crippen LogP contribution in [0, 0.1) is 17.6 Å². The molecule has 1 amide bonds. The molecule has 1 saturated heterocycles. The maximum absolute atomic E-state index is 13.4. The number of piperidine rings is 1. The van der Waals surface area contributed by atoms with Gasteiger partial charge in [-0.2, -0.15) is 0 Å². The van der Waals surface area contributed by atoms with E-state index in [-0.39, 0.29) is 5.56 Å². The van der Waals surface area contributed by atoms with Crippen LogP contribution in [0.3, 0.4) is 0 Å². The second-order valence-electron chi connectivity index (χ2n) is 4.86. The zero-order valence-electron chi connectivity index (χ0n) is 10.7. The maximum atomic E-state index is 13.4. The summed E-state index contributed by atoms with van der Waals surface area (Å²) in [5.74, 6) is -1.25. The SMILES string of the molecule is O=C(NCCC1CCNCC1)c1cc(F)ccc1F. The number of amides is 1. The predicted octanol–water partition coefficient (Wildman–Crippen LogP) is 2.08. The Bertz CT molecular complexity index is 445. The monoisotopic (exact) mass is 268 g/mol. The van der Waals surface area contributed by atoms with E-state index in [2.05, 4.69) is 10.6 Å². The summed E-state index contributed by atoms with van der Waals surface area (Å²) in [5, 5.41) is 5.92. The van der Waals surface area contributed by atoms with E-state index in [9.17, 15) is 13.6 Å². The van der Waals surface area contributed by atoms with Crippen molar-refractivity contribution in [1.82, 2.24) is 10.6 Å². The minimum atomic E-state index is -0.694. The van der Waals surface area contributed by atoms with Crippen molar-refractivity contribution in [3.63, 3.8) is 0 Å². The number of carbonyl (C=O) groups is 1. The number of nitrogens with one attached hydrogen (secondary N) is 2. The first-order chi connectivity index (χ1) is 9.16. The Morgan fingerprint density at radius 1 is 1.32 bits per heavy atom. The number of hydrogen-bond donors (Lipinski definition) is 2. The Morgan fingerprint density at radius 3 is 2.79 bits per heavy atom. The van der Waals surface area contributed by atoms with Gasteiger partial charge in [-0.1, -0.05) is 0 Å². The van der Waals surface area contributed by atoms with Gasteiger partial charge in [0.2, 0.25) is 0 Å². The minimum Gasteiger partial charge on any atom is -0.352 e. The summed E-state index contributed by atoms with van der Waals surface area (Å²) in [6, 6.07) is 2.90. The summed E-state index contributed by atoms with van der Waals surface area (Å²) in [5.41, 5.74) is -0.231. The Balaban J connectivity index is 1.82. The fourth-order valence-corrected chi connectivity index (χ4v) is 2.33. The molecular weight excluding hydrogens is 250 g/mol. The second-order valence-corrected chi connectivity index (χ2v) is 4.86. The first-order valence-corrected chi connectivity index (χ1v) is 6.61. The van der Waals surface area contributed by atoms with Gasteiger partial charge in [-0.15, -0.1) is 0 Å². The summed E-state index contributed by atoms with van der Waals surface area (Å²) in [7, 11) is 0. The van der Waals surface area contributed by atoms with Gasteiger partial charge >= 0.3 is 0 Å². The van der Waals surface area contributed by atoms with E-state index in [1.54, 1.807) is 0 Å². The highest BCUT2D eigenvalue weighted by Gasteiger charge is 2.15. The van der Waals surface area contributed by atoms with Gasteiger partial charge in [-0.05, 0) is 56.5 Å². The van der Waals surface area contributed by atoms with Crippen molar-refractivity contribution in [2.75, 3.05) is 19.6 Å². The second kappa shape index (κ2) is 6.61. The van der Waals surface area contributed by atoms with Crippen LogP contribution < -0.4 is 10.6 Å². The topological polar surface area (TPSA) is 41.1 Å². The molecule has 0 unspecified atom stereocenters. The lowest BCUT2D eigenvalue weighted by atomic mass is 9.95. The van der Waals surface area contributed by atoms with Crippen LogP contribution in [-0.2, 0) is 0 Å². The van der Waals surface area contributed by atoms with E-state index >= 15 is 0 Å². The molecule has 0 aromatic heterocycles. The number of benzene rings is 1. The summed E-state index contributed by atoms with van der Waals surface area (Å²) in [4.78, 5) is 11.7. The molecule has 1 aliphatic heterocycles. The molecule has 5 heteroatoms. The van der Waals surface area contributed by atoms with Gasteiger partial charge in [0.15, 0.2) is 0 Å². The predicted molar refractivity (Wildman–Crippen MR) is 68.9 cm³/mol. The molecule has 0 radical (unpaired) electrons. The van der Waals surface area contributed by atoms with E-state index in [0.717, 1.165) is 50.6 Å². The number of halogens is 2. The van der Waals surface area contributed by atoms with Gasteiger partial charge in [0.25, 0.3) is 5.91 Å². The minimum absolute atomic E-state index is 0.231. The van der Waals surface area contributed by atoms with Gasteiger partial charge in [0.05, 0.1) is 5.56 Å². The van der Waals surface area contributed by atoms with Crippen molar-refractivity contribution < 1.29 is 13.6 Å². The molecule has 19 heavy (non-hydrogen) atoms. The molecule has 0 aliphatic carbocycles. The molecule has 1 aromatic rings. The number of rotatable bonds is 4. The van der Waals surface area contributed by atoms with Gasteiger partial charge < -0.3 is 10.6 Å². The van der Waals surface area contributed by atoms with Gasteiger partial charge in [-0.3, -0.25) is 4.79 Å². The highest BCUT2D eigenvalue weighted by Crippen LogP contribution is 2.15. The smallest absolute Gasteiger partial charge is 0.254 e. The lowest BCUT2D eigenvalue weighted by Gasteiger charge is -2.22. The zero-order valence-corrected chi connectivity index (χ0v) is 10.7.